The van der Waals surface area contributed by atoms with Crippen molar-refractivity contribution in [1.29, 1.82) is 0 Å². The van der Waals surface area contributed by atoms with Crippen molar-refractivity contribution in [3.05, 3.63) is 22.8 Å². The van der Waals surface area contributed by atoms with E-state index in [0.29, 0.717) is 5.75 Å². The molecule has 0 aromatic heterocycles. The maximum atomic E-state index is 11.1. The number of carbonyl (C=O) groups excluding carboxylic acids is 2. The fraction of sp³-hybridized carbons (Fsp3) is 0.385. The van der Waals surface area contributed by atoms with Gasteiger partial charge in [-0.2, -0.15) is 0 Å². The van der Waals surface area contributed by atoms with E-state index in [1.54, 1.807) is 6.07 Å². The molecular formula is C13H17NO3. The molecule has 0 saturated carbocycles. The number of ether oxygens (including phenoxy) is 1. The van der Waals surface area contributed by atoms with E-state index in [4.69, 9.17) is 4.74 Å². The number of amides is 1. The Kier molecular flexibility index (Phi) is 3.89. The number of rotatable bonds is 2. The van der Waals surface area contributed by atoms with E-state index in [2.05, 4.69) is 5.32 Å². The van der Waals surface area contributed by atoms with Gasteiger partial charge in [0.15, 0.2) is 0 Å². The molecule has 1 aromatic rings. The molecule has 1 amide bonds. The Bertz CT molecular complexity index is 478. The smallest absolute Gasteiger partial charge is 0.308 e. The zero-order valence-corrected chi connectivity index (χ0v) is 10.8. The van der Waals surface area contributed by atoms with Crippen molar-refractivity contribution in [2.24, 2.45) is 0 Å². The number of esters is 1. The Morgan fingerprint density at radius 2 is 1.71 bits per heavy atom. The number of hydrogen-bond donors (Lipinski definition) is 1. The lowest BCUT2D eigenvalue weighted by Crippen LogP contribution is -2.11. The number of hydrogen-bond acceptors (Lipinski definition) is 3. The van der Waals surface area contributed by atoms with Gasteiger partial charge < -0.3 is 10.1 Å². The van der Waals surface area contributed by atoms with Crippen molar-refractivity contribution >= 4 is 17.6 Å². The van der Waals surface area contributed by atoms with Crippen LogP contribution in [0, 0.1) is 20.8 Å². The minimum Gasteiger partial charge on any atom is -0.426 e. The van der Waals surface area contributed by atoms with Gasteiger partial charge in [-0.15, -0.1) is 0 Å². The summed E-state index contributed by atoms with van der Waals surface area (Å²) in [5.74, 6) is 0.0802. The molecule has 0 aliphatic rings. The number of anilines is 1. The van der Waals surface area contributed by atoms with Gasteiger partial charge in [-0.1, -0.05) is 0 Å². The lowest BCUT2D eigenvalue weighted by molar-refractivity contribution is -0.131. The summed E-state index contributed by atoms with van der Waals surface area (Å²) in [6.07, 6.45) is 0. The molecule has 17 heavy (non-hydrogen) atoms. The van der Waals surface area contributed by atoms with Crippen molar-refractivity contribution in [3.63, 3.8) is 0 Å². The Morgan fingerprint density at radius 1 is 1.12 bits per heavy atom. The molecule has 4 nitrogen and oxygen atoms in total. The SMILES string of the molecule is CC(=O)Nc1c(C)cc(OC(C)=O)c(C)c1C. The predicted octanol–water partition coefficient (Wildman–Crippen LogP) is 2.50. The van der Waals surface area contributed by atoms with E-state index in [-0.39, 0.29) is 11.9 Å². The van der Waals surface area contributed by atoms with Crippen LogP contribution >= 0.6 is 0 Å². The Hall–Kier alpha value is -1.84. The molecule has 0 fully saturated rings. The standard InChI is InChI=1S/C13H17NO3/c1-7-6-12(17-11(5)16)8(2)9(3)13(7)14-10(4)15/h6H,1-5H3,(H,14,15). The molecule has 0 spiro atoms. The van der Waals surface area contributed by atoms with Crippen LogP contribution in [0.1, 0.15) is 30.5 Å². The molecule has 0 bridgehead atoms. The summed E-state index contributed by atoms with van der Waals surface area (Å²) in [6, 6.07) is 1.76. The van der Waals surface area contributed by atoms with Crippen LogP contribution in [0.5, 0.6) is 5.75 Å². The molecule has 0 radical (unpaired) electrons. The van der Waals surface area contributed by atoms with Gasteiger partial charge in [-0.3, -0.25) is 9.59 Å². The van der Waals surface area contributed by atoms with Gasteiger partial charge in [0.2, 0.25) is 5.91 Å². The van der Waals surface area contributed by atoms with Crippen LogP contribution in [0.4, 0.5) is 5.69 Å². The van der Waals surface area contributed by atoms with E-state index >= 15 is 0 Å². The van der Waals surface area contributed by atoms with Crippen molar-refractivity contribution in [3.8, 4) is 5.75 Å². The average molecular weight is 235 g/mol. The maximum absolute atomic E-state index is 11.1. The van der Waals surface area contributed by atoms with Crippen LogP contribution in [0.2, 0.25) is 0 Å². The third-order valence-electron chi connectivity index (χ3n) is 2.60. The number of benzene rings is 1. The first-order chi connectivity index (χ1) is 7.82. The second kappa shape index (κ2) is 4.99. The lowest BCUT2D eigenvalue weighted by Gasteiger charge is -2.16. The fourth-order valence-corrected chi connectivity index (χ4v) is 1.67. The molecule has 0 heterocycles. The molecule has 0 unspecified atom stereocenters. The summed E-state index contributed by atoms with van der Waals surface area (Å²) in [5, 5.41) is 2.78. The molecule has 0 atom stereocenters. The van der Waals surface area contributed by atoms with Crippen molar-refractivity contribution < 1.29 is 14.3 Å². The van der Waals surface area contributed by atoms with Gasteiger partial charge in [0.25, 0.3) is 0 Å². The first-order valence-corrected chi connectivity index (χ1v) is 5.39. The van der Waals surface area contributed by atoms with Gasteiger partial charge in [0.05, 0.1) is 0 Å². The van der Waals surface area contributed by atoms with Gasteiger partial charge >= 0.3 is 5.97 Å². The second-order valence-corrected chi connectivity index (χ2v) is 4.09. The highest BCUT2D eigenvalue weighted by Crippen LogP contribution is 2.31. The first-order valence-electron chi connectivity index (χ1n) is 5.39. The average Bonchev–Trinajstić information content (AvgIpc) is 2.20. The Balaban J connectivity index is 3.25. The summed E-state index contributed by atoms with van der Waals surface area (Å²) in [6.45, 7) is 8.45. The van der Waals surface area contributed by atoms with Crippen LogP contribution in [-0.2, 0) is 9.59 Å². The third kappa shape index (κ3) is 3.06. The van der Waals surface area contributed by atoms with Gasteiger partial charge in [0, 0.05) is 19.5 Å². The highest BCUT2D eigenvalue weighted by molar-refractivity contribution is 5.91. The van der Waals surface area contributed by atoms with Crippen molar-refractivity contribution in [1.82, 2.24) is 0 Å². The Labute approximate surface area is 101 Å². The maximum Gasteiger partial charge on any atom is 0.308 e. The van der Waals surface area contributed by atoms with Crippen LogP contribution < -0.4 is 10.1 Å². The summed E-state index contributed by atoms with van der Waals surface area (Å²) in [5.41, 5.74) is 3.43. The minimum atomic E-state index is -0.348. The Morgan fingerprint density at radius 3 is 2.18 bits per heavy atom. The summed E-state index contributed by atoms with van der Waals surface area (Å²) < 4.78 is 5.12. The summed E-state index contributed by atoms with van der Waals surface area (Å²) in [4.78, 5) is 22.1. The van der Waals surface area contributed by atoms with Crippen molar-refractivity contribution in [2.45, 2.75) is 34.6 Å². The largest absolute Gasteiger partial charge is 0.426 e. The predicted molar refractivity (Wildman–Crippen MR) is 66.3 cm³/mol. The van der Waals surface area contributed by atoms with Gasteiger partial charge in [-0.05, 0) is 43.5 Å². The second-order valence-electron chi connectivity index (χ2n) is 4.09. The summed E-state index contributed by atoms with van der Waals surface area (Å²) >= 11 is 0. The third-order valence-corrected chi connectivity index (χ3v) is 2.60. The molecule has 0 saturated heterocycles. The lowest BCUT2D eigenvalue weighted by atomic mass is 10.0. The quantitative estimate of drug-likeness (QED) is 0.633. The number of aryl methyl sites for hydroxylation is 1. The van der Waals surface area contributed by atoms with Crippen LogP contribution in [-0.4, -0.2) is 11.9 Å². The monoisotopic (exact) mass is 235 g/mol. The van der Waals surface area contributed by atoms with E-state index in [1.807, 2.05) is 20.8 Å². The fourth-order valence-electron chi connectivity index (χ4n) is 1.67. The van der Waals surface area contributed by atoms with Crippen LogP contribution in [0.15, 0.2) is 6.07 Å². The molecular weight excluding hydrogens is 218 g/mol. The van der Waals surface area contributed by atoms with Crippen LogP contribution in [0.25, 0.3) is 0 Å². The normalized spacial score (nSPS) is 9.94. The molecule has 1 N–H and O–H groups in total. The molecule has 92 valence electrons. The summed E-state index contributed by atoms with van der Waals surface area (Å²) in [7, 11) is 0. The zero-order chi connectivity index (χ0) is 13.2. The van der Waals surface area contributed by atoms with E-state index in [0.717, 1.165) is 22.4 Å². The number of carbonyl (C=O) groups is 2. The van der Waals surface area contributed by atoms with Crippen LogP contribution in [0.3, 0.4) is 0 Å². The van der Waals surface area contributed by atoms with Crippen molar-refractivity contribution in [2.75, 3.05) is 5.32 Å². The van der Waals surface area contributed by atoms with E-state index in [1.165, 1.54) is 13.8 Å². The number of nitrogens with one attached hydrogen (secondary N) is 1. The molecule has 1 aromatic carbocycles. The molecule has 4 heteroatoms. The van der Waals surface area contributed by atoms with E-state index < -0.39 is 0 Å². The highest BCUT2D eigenvalue weighted by Gasteiger charge is 2.13. The molecule has 0 aliphatic carbocycles. The van der Waals surface area contributed by atoms with Gasteiger partial charge in [-0.25, -0.2) is 0 Å². The molecule has 0 aliphatic heterocycles. The van der Waals surface area contributed by atoms with E-state index in [9.17, 15) is 9.59 Å². The minimum absolute atomic E-state index is 0.115. The van der Waals surface area contributed by atoms with Gasteiger partial charge in [0.1, 0.15) is 5.75 Å². The zero-order valence-electron chi connectivity index (χ0n) is 10.8. The highest BCUT2D eigenvalue weighted by atomic mass is 16.5. The topological polar surface area (TPSA) is 55.4 Å². The molecule has 1 rings (SSSR count). The first kappa shape index (κ1) is 13.2.